The number of likely N-dealkylation sites (tertiary alicyclic amines) is 1. The van der Waals surface area contributed by atoms with Crippen LogP contribution in [0.15, 0.2) is 18.2 Å². The first-order chi connectivity index (χ1) is 13.8. The fourth-order valence-electron chi connectivity index (χ4n) is 5.08. The number of halogens is 1. The third-order valence-corrected chi connectivity index (χ3v) is 7.59. The average Bonchev–Trinajstić information content (AvgIpc) is 2.70. The smallest absolute Gasteiger partial charge is 0.239 e. The van der Waals surface area contributed by atoms with Gasteiger partial charge in [-0.25, -0.2) is 0 Å². The van der Waals surface area contributed by atoms with Gasteiger partial charge in [-0.05, 0) is 63.3 Å². The molecule has 0 radical (unpaired) electrons. The van der Waals surface area contributed by atoms with Crippen LogP contribution in [0.25, 0.3) is 0 Å². The lowest BCUT2D eigenvalue weighted by molar-refractivity contribution is -0.189. The van der Waals surface area contributed by atoms with Crippen LogP contribution >= 0.6 is 23.4 Å². The second-order valence-corrected chi connectivity index (χ2v) is 10.5. The van der Waals surface area contributed by atoms with Crippen LogP contribution in [0.1, 0.15) is 44.8 Å². The van der Waals surface area contributed by atoms with Crippen molar-refractivity contribution in [3.63, 3.8) is 0 Å². The Morgan fingerprint density at radius 1 is 1.45 bits per heavy atom. The van der Waals surface area contributed by atoms with E-state index in [0.717, 1.165) is 42.9 Å². The molecule has 3 aliphatic rings. The van der Waals surface area contributed by atoms with E-state index in [-0.39, 0.29) is 29.6 Å². The highest BCUT2D eigenvalue weighted by molar-refractivity contribution is 7.98. The molecule has 3 aliphatic heterocycles. The molecule has 0 unspecified atom stereocenters. The van der Waals surface area contributed by atoms with Crippen LogP contribution in [0.5, 0.6) is 5.75 Å². The third kappa shape index (κ3) is 4.14. The molecule has 5 nitrogen and oxygen atoms in total. The van der Waals surface area contributed by atoms with Gasteiger partial charge in [0.05, 0.1) is 18.2 Å². The van der Waals surface area contributed by atoms with Crippen LogP contribution in [0.2, 0.25) is 5.02 Å². The lowest BCUT2D eigenvalue weighted by Gasteiger charge is -2.53. The summed E-state index contributed by atoms with van der Waals surface area (Å²) in [4.78, 5) is 14.8. The van der Waals surface area contributed by atoms with Crippen molar-refractivity contribution in [1.29, 1.82) is 0 Å². The van der Waals surface area contributed by atoms with Gasteiger partial charge >= 0.3 is 0 Å². The quantitative estimate of drug-likeness (QED) is 0.772. The maximum Gasteiger partial charge on any atom is 0.239 e. The number of nitrogens with two attached hydrogens (primary N) is 1. The minimum atomic E-state index is -0.403. The van der Waals surface area contributed by atoms with Crippen LogP contribution in [-0.4, -0.2) is 53.7 Å². The Hall–Kier alpha value is -0.950. The summed E-state index contributed by atoms with van der Waals surface area (Å²) >= 11 is 7.99. The summed E-state index contributed by atoms with van der Waals surface area (Å²) in [6.45, 7) is 5.71. The Morgan fingerprint density at radius 3 is 3.00 bits per heavy atom. The number of hydrogen-bond acceptors (Lipinski definition) is 5. The van der Waals surface area contributed by atoms with Crippen molar-refractivity contribution < 1.29 is 14.3 Å². The number of carbonyl (C=O) groups is 1. The molecule has 5 atom stereocenters. The molecule has 1 aromatic carbocycles. The molecule has 0 spiro atoms. The number of nitrogens with zero attached hydrogens (tertiary/aromatic N) is 1. The van der Waals surface area contributed by atoms with Crippen LogP contribution in [-0.2, 0) is 9.53 Å². The Morgan fingerprint density at radius 2 is 2.24 bits per heavy atom. The van der Waals surface area contributed by atoms with Gasteiger partial charge in [0.25, 0.3) is 0 Å². The number of amides is 1. The Labute approximate surface area is 182 Å². The number of hydrogen-bond donors (Lipinski definition) is 1. The zero-order valence-electron chi connectivity index (χ0n) is 17.4. The van der Waals surface area contributed by atoms with Crippen molar-refractivity contribution in [2.24, 2.45) is 17.6 Å². The van der Waals surface area contributed by atoms with Crippen molar-refractivity contribution in [3.8, 4) is 5.75 Å². The Balaban J connectivity index is 1.51. The summed E-state index contributed by atoms with van der Waals surface area (Å²) < 4.78 is 13.0. The van der Waals surface area contributed by atoms with Gasteiger partial charge in [0.2, 0.25) is 5.91 Å². The van der Waals surface area contributed by atoms with E-state index < -0.39 is 6.04 Å². The van der Waals surface area contributed by atoms with E-state index in [1.54, 1.807) is 11.8 Å². The van der Waals surface area contributed by atoms with Crippen LogP contribution in [0, 0.1) is 11.8 Å². The first kappa shape index (κ1) is 21.3. The van der Waals surface area contributed by atoms with Gasteiger partial charge in [-0.3, -0.25) is 4.79 Å². The predicted molar refractivity (Wildman–Crippen MR) is 118 cm³/mol. The van der Waals surface area contributed by atoms with E-state index in [1.165, 1.54) is 0 Å². The molecule has 0 aromatic heterocycles. The van der Waals surface area contributed by atoms with Gasteiger partial charge in [0, 0.05) is 35.5 Å². The van der Waals surface area contributed by atoms with Gasteiger partial charge in [0.15, 0.2) is 0 Å². The maximum atomic E-state index is 12.8. The second-order valence-electron chi connectivity index (χ2n) is 9.05. The van der Waals surface area contributed by atoms with Gasteiger partial charge in [0.1, 0.15) is 11.4 Å². The molecular formula is C22H31ClN2O3S. The number of piperidine rings is 1. The van der Waals surface area contributed by atoms with E-state index >= 15 is 0 Å². The van der Waals surface area contributed by atoms with Crippen molar-refractivity contribution in [1.82, 2.24) is 4.90 Å². The van der Waals surface area contributed by atoms with Crippen molar-refractivity contribution in [2.45, 2.75) is 57.0 Å². The molecular weight excluding hydrogens is 408 g/mol. The van der Waals surface area contributed by atoms with Crippen LogP contribution in [0.3, 0.4) is 0 Å². The lowest BCUT2D eigenvalue weighted by atomic mass is 9.70. The predicted octanol–water partition coefficient (Wildman–Crippen LogP) is 3.89. The number of rotatable bonds is 4. The molecule has 160 valence electrons. The van der Waals surface area contributed by atoms with E-state index in [0.29, 0.717) is 17.5 Å². The summed E-state index contributed by atoms with van der Waals surface area (Å²) in [5, 5.41) is 0.705. The minimum Gasteiger partial charge on any atom is -0.487 e. The molecule has 0 bridgehead atoms. The second kappa shape index (κ2) is 8.29. The number of carbonyl (C=O) groups excluding carboxylic acids is 1. The summed E-state index contributed by atoms with van der Waals surface area (Å²) in [7, 11) is 0. The minimum absolute atomic E-state index is 0.0141. The Kier molecular flexibility index (Phi) is 6.09. The molecule has 3 heterocycles. The zero-order valence-corrected chi connectivity index (χ0v) is 19.0. The average molecular weight is 439 g/mol. The Bertz CT molecular complexity index is 774. The monoisotopic (exact) mass is 438 g/mol. The van der Waals surface area contributed by atoms with Crippen molar-refractivity contribution in [2.75, 3.05) is 25.1 Å². The molecule has 2 fully saturated rings. The molecule has 7 heteroatoms. The topological polar surface area (TPSA) is 64.8 Å². The molecule has 29 heavy (non-hydrogen) atoms. The van der Waals surface area contributed by atoms with Gasteiger partial charge in [-0.15, -0.1) is 0 Å². The molecule has 2 N–H and O–H groups in total. The summed E-state index contributed by atoms with van der Waals surface area (Å²) in [5.41, 5.74) is 6.87. The molecule has 0 saturated carbocycles. The number of benzene rings is 1. The van der Waals surface area contributed by atoms with E-state index in [1.807, 2.05) is 29.4 Å². The van der Waals surface area contributed by atoms with E-state index in [9.17, 15) is 4.79 Å². The zero-order chi connectivity index (χ0) is 20.8. The van der Waals surface area contributed by atoms with E-state index in [2.05, 4.69) is 13.8 Å². The lowest BCUT2D eigenvalue weighted by Crippen LogP contribution is -2.57. The SMILES string of the molecule is CSCC[C@H](N)C(=O)N1CC[C@H]2O[C@H]3c4cc(Cl)ccc4OC(C)(C)[C@@H]3C[C@H]2C1. The first-order valence-electron chi connectivity index (χ1n) is 10.5. The number of fused-ring (bicyclic) bond motifs is 4. The number of thioether (sulfide) groups is 1. The molecule has 0 aliphatic carbocycles. The largest absolute Gasteiger partial charge is 0.487 e. The van der Waals surface area contributed by atoms with Crippen molar-refractivity contribution >= 4 is 29.3 Å². The highest BCUT2D eigenvalue weighted by Gasteiger charge is 2.51. The fraction of sp³-hybridized carbons (Fsp3) is 0.682. The first-order valence-corrected chi connectivity index (χ1v) is 12.2. The van der Waals surface area contributed by atoms with E-state index in [4.69, 9.17) is 26.8 Å². The molecule has 2 saturated heterocycles. The van der Waals surface area contributed by atoms with Crippen LogP contribution in [0.4, 0.5) is 0 Å². The van der Waals surface area contributed by atoms with Gasteiger partial charge in [-0.1, -0.05) is 11.6 Å². The highest BCUT2D eigenvalue weighted by atomic mass is 35.5. The number of ether oxygens (including phenoxy) is 2. The maximum absolute atomic E-state index is 12.8. The van der Waals surface area contributed by atoms with Crippen molar-refractivity contribution in [3.05, 3.63) is 28.8 Å². The summed E-state index contributed by atoms with van der Waals surface area (Å²) in [6, 6.07) is 5.39. The molecule has 4 rings (SSSR count). The third-order valence-electron chi connectivity index (χ3n) is 6.71. The summed E-state index contributed by atoms with van der Waals surface area (Å²) in [5.74, 6) is 2.38. The summed E-state index contributed by atoms with van der Waals surface area (Å²) in [6.07, 6.45) is 4.73. The van der Waals surface area contributed by atoms with Gasteiger partial charge in [-0.2, -0.15) is 11.8 Å². The fourth-order valence-corrected chi connectivity index (χ4v) is 5.75. The molecule has 1 amide bonds. The van der Waals surface area contributed by atoms with Gasteiger partial charge < -0.3 is 20.1 Å². The highest BCUT2D eigenvalue weighted by Crippen LogP contribution is 2.53. The normalized spacial score (nSPS) is 31.1. The van der Waals surface area contributed by atoms with Crippen LogP contribution < -0.4 is 10.5 Å². The standard InChI is InChI=1S/C22H31ClN2O3S/c1-22(2)16-10-13-12-25(21(26)17(24)7-9-29-3)8-6-18(13)27-20(16)15-11-14(23)4-5-19(15)28-22/h4-5,11,13,16-18,20H,6-10,12,24H2,1-3H3/t13-,16+,17-,18+,20-/m0/s1. The molecule has 1 aromatic rings.